The van der Waals surface area contributed by atoms with E-state index in [2.05, 4.69) is 0 Å². The molecule has 2 aromatic carbocycles. The fourth-order valence-electron chi connectivity index (χ4n) is 2.97. The minimum absolute atomic E-state index is 0. The van der Waals surface area contributed by atoms with Crippen molar-refractivity contribution in [2.24, 2.45) is 0 Å². The van der Waals surface area contributed by atoms with E-state index in [9.17, 15) is 19.8 Å². The Morgan fingerprint density at radius 3 is 2.14 bits per heavy atom. The van der Waals surface area contributed by atoms with Crippen LogP contribution < -0.4 is 69.3 Å². The second-order valence-corrected chi connectivity index (χ2v) is 6.17. The zero-order valence-corrected chi connectivity index (χ0v) is 20.4. The van der Waals surface area contributed by atoms with E-state index in [1.807, 2.05) is 0 Å². The summed E-state index contributed by atoms with van der Waals surface area (Å²) >= 11 is 0. The van der Waals surface area contributed by atoms with Crippen molar-refractivity contribution in [1.29, 1.82) is 0 Å². The van der Waals surface area contributed by atoms with Gasteiger partial charge >= 0.3 is 59.1 Å². The first kappa shape index (κ1) is 24.6. The fourth-order valence-corrected chi connectivity index (χ4v) is 2.97. The van der Waals surface area contributed by atoms with Gasteiger partial charge < -0.3 is 15.0 Å². The SMILES string of the molecule is CC1=C/C(=C(\c2ccc([O-])c(C)c2)c2ccccc2C(=O)[O-])C=CC1=O.[Na+].[Na+]. The molecule has 0 aliphatic heterocycles. The van der Waals surface area contributed by atoms with Crippen molar-refractivity contribution in [1.82, 2.24) is 0 Å². The summed E-state index contributed by atoms with van der Waals surface area (Å²) in [5, 5.41) is 23.4. The van der Waals surface area contributed by atoms with Crippen LogP contribution in [-0.4, -0.2) is 11.8 Å². The third-order valence-corrected chi connectivity index (χ3v) is 4.34. The molecule has 130 valence electrons. The molecule has 6 heteroatoms. The topological polar surface area (TPSA) is 80.3 Å². The van der Waals surface area contributed by atoms with Crippen molar-refractivity contribution in [3.8, 4) is 5.75 Å². The quantitative estimate of drug-likeness (QED) is 0.506. The number of allylic oxidation sites excluding steroid dienone is 5. The van der Waals surface area contributed by atoms with Crippen LogP contribution in [0.3, 0.4) is 0 Å². The molecule has 4 nitrogen and oxygen atoms in total. The molecule has 0 bridgehead atoms. The molecule has 0 heterocycles. The molecule has 28 heavy (non-hydrogen) atoms. The molecule has 0 atom stereocenters. The standard InChI is InChI=1S/C22H18O4.2Na/c1-13-11-15(7-9-19(13)23)21(16-8-10-20(24)14(2)12-16)17-5-3-4-6-18(17)22(25)26;;/h3-12,23H,1-2H3,(H,25,26);;/q;2*+1/p-2/b21-16+;;. The van der Waals surface area contributed by atoms with E-state index in [1.165, 1.54) is 18.2 Å². The number of carboxylic acids is 1. The number of hydrogen-bond donors (Lipinski definition) is 0. The molecule has 3 rings (SSSR count). The molecule has 0 aromatic heterocycles. The molecule has 0 radical (unpaired) electrons. The largest absolute Gasteiger partial charge is 1.00 e. The van der Waals surface area contributed by atoms with E-state index in [-0.39, 0.29) is 76.2 Å². The van der Waals surface area contributed by atoms with Crippen LogP contribution in [0.1, 0.15) is 34.0 Å². The molecule has 0 spiro atoms. The van der Waals surface area contributed by atoms with Gasteiger partial charge in [0.2, 0.25) is 0 Å². The molecule has 1 aliphatic rings. The van der Waals surface area contributed by atoms with Crippen LogP contribution in [0.2, 0.25) is 0 Å². The number of carbonyl (C=O) groups is 2. The van der Waals surface area contributed by atoms with Crippen molar-refractivity contribution in [2.45, 2.75) is 13.8 Å². The van der Waals surface area contributed by atoms with Gasteiger partial charge in [0.05, 0.1) is 5.97 Å². The van der Waals surface area contributed by atoms with Crippen molar-refractivity contribution >= 4 is 17.3 Å². The number of benzene rings is 2. The molecule has 0 saturated carbocycles. The third-order valence-electron chi connectivity index (χ3n) is 4.34. The molecule has 0 fully saturated rings. The third kappa shape index (κ3) is 5.15. The first-order chi connectivity index (χ1) is 12.4. The Kier molecular flexibility index (Phi) is 9.15. The van der Waals surface area contributed by atoms with Crippen LogP contribution in [-0.2, 0) is 4.79 Å². The number of aromatic carboxylic acids is 1. The maximum atomic E-state index is 11.8. The Hall–Kier alpha value is -1.40. The van der Waals surface area contributed by atoms with Crippen LogP contribution in [0.5, 0.6) is 5.75 Å². The van der Waals surface area contributed by atoms with E-state index in [1.54, 1.807) is 56.3 Å². The minimum atomic E-state index is -1.28. The second kappa shape index (κ2) is 10.4. The zero-order valence-electron chi connectivity index (χ0n) is 16.4. The number of rotatable bonds is 3. The maximum Gasteiger partial charge on any atom is 1.00 e. The normalized spacial score (nSPS) is 14.5. The van der Waals surface area contributed by atoms with Crippen LogP contribution in [0.15, 0.2) is 71.8 Å². The van der Waals surface area contributed by atoms with Crippen molar-refractivity contribution in [2.75, 3.05) is 0 Å². The maximum absolute atomic E-state index is 11.8. The summed E-state index contributed by atoms with van der Waals surface area (Å²) in [6.07, 6.45) is 4.85. The molecule has 1 aliphatic carbocycles. The number of ketones is 1. The average molecular weight is 390 g/mol. The van der Waals surface area contributed by atoms with E-state index < -0.39 is 5.97 Å². The first-order valence-corrected chi connectivity index (χ1v) is 8.12. The van der Waals surface area contributed by atoms with E-state index in [4.69, 9.17) is 0 Å². The first-order valence-electron chi connectivity index (χ1n) is 8.12. The Bertz CT molecular complexity index is 1020. The van der Waals surface area contributed by atoms with Crippen LogP contribution in [0.25, 0.3) is 5.57 Å². The van der Waals surface area contributed by atoms with Crippen LogP contribution in [0, 0.1) is 6.92 Å². The number of carbonyl (C=O) groups excluding carboxylic acids is 2. The number of carboxylic acid groups (broad SMARTS) is 1. The van der Waals surface area contributed by atoms with Gasteiger partial charge in [-0.15, -0.1) is 5.75 Å². The summed E-state index contributed by atoms with van der Waals surface area (Å²) in [4.78, 5) is 23.4. The Labute approximate surface area is 208 Å². The van der Waals surface area contributed by atoms with Gasteiger partial charge in [0.1, 0.15) is 0 Å². The minimum Gasteiger partial charge on any atom is -0.872 e. The van der Waals surface area contributed by atoms with Gasteiger partial charge in [-0.25, -0.2) is 0 Å². The van der Waals surface area contributed by atoms with Crippen molar-refractivity contribution in [3.05, 3.63) is 94.1 Å². The number of aryl methyl sites for hydroxylation is 1. The molecular weight excluding hydrogens is 374 g/mol. The number of hydrogen-bond acceptors (Lipinski definition) is 4. The Balaban J connectivity index is 0.00000196. The summed E-state index contributed by atoms with van der Waals surface area (Å²) in [5.74, 6) is -1.47. The van der Waals surface area contributed by atoms with Crippen LogP contribution >= 0.6 is 0 Å². The predicted octanol–water partition coefficient (Wildman–Crippen LogP) is -3.67. The molecule has 0 N–H and O–H groups in total. The molecule has 0 unspecified atom stereocenters. The predicted molar refractivity (Wildman–Crippen MR) is 95.3 cm³/mol. The van der Waals surface area contributed by atoms with Gasteiger partial charge in [-0.05, 0) is 53.8 Å². The monoisotopic (exact) mass is 390 g/mol. The van der Waals surface area contributed by atoms with Gasteiger partial charge in [0.15, 0.2) is 5.78 Å². The average Bonchev–Trinajstić information content (AvgIpc) is 2.61. The zero-order chi connectivity index (χ0) is 18.8. The summed E-state index contributed by atoms with van der Waals surface area (Å²) < 4.78 is 0. The van der Waals surface area contributed by atoms with Gasteiger partial charge in [0, 0.05) is 5.56 Å². The van der Waals surface area contributed by atoms with Crippen molar-refractivity contribution < 1.29 is 78.9 Å². The van der Waals surface area contributed by atoms with Gasteiger partial charge in [-0.3, -0.25) is 4.79 Å². The smallest absolute Gasteiger partial charge is 0.872 e. The summed E-state index contributed by atoms with van der Waals surface area (Å²) in [7, 11) is 0. The fraction of sp³-hybridized carbons (Fsp3) is 0.0909. The molecule has 0 saturated heterocycles. The van der Waals surface area contributed by atoms with E-state index >= 15 is 0 Å². The second-order valence-electron chi connectivity index (χ2n) is 6.17. The Morgan fingerprint density at radius 1 is 0.929 bits per heavy atom. The van der Waals surface area contributed by atoms with Gasteiger partial charge in [-0.2, -0.15) is 0 Å². The van der Waals surface area contributed by atoms with Crippen molar-refractivity contribution in [3.63, 3.8) is 0 Å². The molecule has 0 amide bonds. The van der Waals surface area contributed by atoms with Crippen LogP contribution in [0.4, 0.5) is 0 Å². The van der Waals surface area contributed by atoms with Gasteiger partial charge in [0.25, 0.3) is 0 Å². The summed E-state index contributed by atoms with van der Waals surface area (Å²) in [6, 6.07) is 11.4. The molecular formula is C22H16Na2O4. The summed E-state index contributed by atoms with van der Waals surface area (Å²) in [6.45, 7) is 3.42. The van der Waals surface area contributed by atoms with Gasteiger partial charge in [-0.1, -0.05) is 54.1 Å². The molecule has 2 aromatic rings. The van der Waals surface area contributed by atoms with E-state index in [0.29, 0.717) is 33.4 Å². The summed E-state index contributed by atoms with van der Waals surface area (Å²) in [5.41, 5.74) is 3.68. The Morgan fingerprint density at radius 2 is 1.57 bits per heavy atom. The van der Waals surface area contributed by atoms with E-state index in [0.717, 1.165) is 0 Å².